The normalized spacial score (nSPS) is 22.3. The molecule has 3 rings (SSSR count). The molecule has 7 nitrogen and oxygen atoms in total. The number of hydrogen-bond donors (Lipinski definition) is 0. The van der Waals surface area contributed by atoms with E-state index in [0.29, 0.717) is 24.4 Å². The van der Waals surface area contributed by atoms with E-state index >= 15 is 0 Å². The van der Waals surface area contributed by atoms with Crippen molar-refractivity contribution in [2.75, 3.05) is 38.6 Å². The highest BCUT2D eigenvalue weighted by Gasteiger charge is 2.34. The van der Waals surface area contributed by atoms with Crippen molar-refractivity contribution in [2.24, 2.45) is 0 Å². The van der Waals surface area contributed by atoms with E-state index in [1.165, 1.54) is 19.3 Å². The molecule has 0 N–H and O–H groups in total. The van der Waals surface area contributed by atoms with Crippen LogP contribution in [-0.4, -0.2) is 65.6 Å². The quantitative estimate of drug-likeness (QED) is 0.786. The molecule has 1 aliphatic carbocycles. The number of amides is 1. The molecule has 1 atom stereocenters. The third-order valence-corrected chi connectivity index (χ3v) is 5.49. The van der Waals surface area contributed by atoms with Crippen molar-refractivity contribution in [3.63, 3.8) is 0 Å². The summed E-state index contributed by atoms with van der Waals surface area (Å²) in [6.07, 6.45) is 8.14. The second kappa shape index (κ2) is 8.17. The molecule has 0 aromatic carbocycles. The third-order valence-electron chi connectivity index (χ3n) is 5.49. The maximum atomic E-state index is 12.9. The minimum absolute atomic E-state index is 0.0650. The van der Waals surface area contributed by atoms with Crippen LogP contribution in [0.25, 0.3) is 0 Å². The van der Waals surface area contributed by atoms with Crippen LogP contribution in [0, 0.1) is 0 Å². The summed E-state index contributed by atoms with van der Waals surface area (Å²) in [5, 5.41) is 4.02. The topological polar surface area (TPSA) is 65.7 Å². The summed E-state index contributed by atoms with van der Waals surface area (Å²) in [7, 11) is 3.79. The van der Waals surface area contributed by atoms with Gasteiger partial charge in [-0.1, -0.05) is 19.3 Å². The lowest BCUT2D eigenvalue weighted by Gasteiger charge is -2.35. The maximum absolute atomic E-state index is 12.9. The van der Waals surface area contributed by atoms with Crippen LogP contribution in [0.1, 0.15) is 63.8 Å². The van der Waals surface area contributed by atoms with Gasteiger partial charge in [0.05, 0.1) is 12.6 Å². The molecule has 1 aromatic heterocycles. The Kier molecular flexibility index (Phi) is 5.93. The molecule has 2 aliphatic rings. The van der Waals surface area contributed by atoms with Gasteiger partial charge in [0, 0.05) is 26.7 Å². The SMILES string of the molecule is CCN(C(=O)CN1CCCC1c1nc(N(C)C)no1)C1CCCCC1. The van der Waals surface area contributed by atoms with Gasteiger partial charge < -0.3 is 14.3 Å². The molecule has 1 aromatic rings. The Balaban J connectivity index is 1.64. The third kappa shape index (κ3) is 4.14. The molecule has 2 fully saturated rings. The first kappa shape index (κ1) is 18.2. The summed E-state index contributed by atoms with van der Waals surface area (Å²) in [4.78, 5) is 23.5. The molecule has 140 valence electrons. The largest absolute Gasteiger partial charge is 0.344 e. The van der Waals surface area contributed by atoms with Gasteiger partial charge in [-0.3, -0.25) is 9.69 Å². The first-order valence-corrected chi connectivity index (χ1v) is 9.64. The minimum atomic E-state index is 0.0650. The zero-order valence-electron chi connectivity index (χ0n) is 15.8. The van der Waals surface area contributed by atoms with Gasteiger partial charge in [0.2, 0.25) is 11.8 Å². The van der Waals surface area contributed by atoms with Crippen molar-refractivity contribution in [1.82, 2.24) is 19.9 Å². The van der Waals surface area contributed by atoms with E-state index < -0.39 is 0 Å². The van der Waals surface area contributed by atoms with Crippen LogP contribution in [0.5, 0.6) is 0 Å². The molecule has 1 aliphatic heterocycles. The van der Waals surface area contributed by atoms with Crippen molar-refractivity contribution in [3.8, 4) is 0 Å². The van der Waals surface area contributed by atoms with E-state index in [0.717, 1.165) is 38.8 Å². The maximum Gasteiger partial charge on any atom is 0.265 e. The summed E-state index contributed by atoms with van der Waals surface area (Å²) in [5.74, 6) is 1.47. The van der Waals surface area contributed by atoms with E-state index in [1.807, 2.05) is 19.0 Å². The molecule has 1 amide bonds. The van der Waals surface area contributed by atoms with Crippen LogP contribution in [0.3, 0.4) is 0 Å². The number of rotatable bonds is 6. The van der Waals surface area contributed by atoms with Gasteiger partial charge in [-0.2, -0.15) is 4.98 Å². The molecule has 7 heteroatoms. The molecule has 1 saturated carbocycles. The second-order valence-corrected chi connectivity index (χ2v) is 7.43. The summed E-state index contributed by atoms with van der Waals surface area (Å²) in [6.45, 7) is 4.26. The van der Waals surface area contributed by atoms with Gasteiger partial charge in [-0.15, -0.1) is 0 Å². The summed E-state index contributed by atoms with van der Waals surface area (Å²) in [5.41, 5.74) is 0. The van der Waals surface area contributed by atoms with Crippen LogP contribution in [0.15, 0.2) is 4.52 Å². The standard InChI is InChI=1S/C18H31N5O2/c1-4-23(14-9-6-5-7-10-14)16(24)13-22-12-8-11-15(22)17-19-18(20-25-17)21(2)3/h14-15H,4-13H2,1-3H3. The van der Waals surface area contributed by atoms with Gasteiger partial charge in [0.1, 0.15) is 0 Å². The lowest BCUT2D eigenvalue weighted by atomic mass is 9.94. The number of aromatic nitrogens is 2. The monoisotopic (exact) mass is 349 g/mol. The van der Waals surface area contributed by atoms with E-state index in [2.05, 4.69) is 26.9 Å². The number of hydrogen-bond acceptors (Lipinski definition) is 6. The van der Waals surface area contributed by atoms with Crippen molar-refractivity contribution in [2.45, 2.75) is 64.0 Å². The number of likely N-dealkylation sites (tertiary alicyclic amines) is 1. The highest BCUT2D eigenvalue weighted by molar-refractivity contribution is 5.78. The van der Waals surface area contributed by atoms with Crippen LogP contribution in [0.4, 0.5) is 5.95 Å². The van der Waals surface area contributed by atoms with Gasteiger partial charge in [0.25, 0.3) is 5.95 Å². The smallest absolute Gasteiger partial charge is 0.265 e. The lowest BCUT2D eigenvalue weighted by Crippen LogP contribution is -2.46. The van der Waals surface area contributed by atoms with Crippen LogP contribution >= 0.6 is 0 Å². The number of carbonyl (C=O) groups is 1. The predicted molar refractivity (Wildman–Crippen MR) is 96.4 cm³/mol. The van der Waals surface area contributed by atoms with E-state index in [1.54, 1.807) is 0 Å². The van der Waals surface area contributed by atoms with Crippen molar-refractivity contribution in [3.05, 3.63) is 5.89 Å². The molecule has 0 bridgehead atoms. The molecule has 0 spiro atoms. The average molecular weight is 349 g/mol. The Morgan fingerprint density at radius 3 is 2.60 bits per heavy atom. The summed E-state index contributed by atoms with van der Waals surface area (Å²) < 4.78 is 5.46. The average Bonchev–Trinajstić information content (AvgIpc) is 3.25. The van der Waals surface area contributed by atoms with Crippen LogP contribution in [0.2, 0.25) is 0 Å². The van der Waals surface area contributed by atoms with Crippen LogP contribution < -0.4 is 4.90 Å². The second-order valence-electron chi connectivity index (χ2n) is 7.43. The Bertz CT molecular complexity index is 568. The van der Waals surface area contributed by atoms with E-state index in [4.69, 9.17) is 4.52 Å². The fraction of sp³-hybridized carbons (Fsp3) is 0.833. The zero-order chi connectivity index (χ0) is 17.8. The molecular formula is C18H31N5O2. The lowest BCUT2D eigenvalue weighted by molar-refractivity contribution is -0.135. The highest BCUT2D eigenvalue weighted by atomic mass is 16.5. The number of carbonyl (C=O) groups excluding carboxylic acids is 1. The Hall–Kier alpha value is -1.63. The van der Waals surface area contributed by atoms with Crippen LogP contribution in [-0.2, 0) is 4.79 Å². The van der Waals surface area contributed by atoms with E-state index in [9.17, 15) is 4.79 Å². The number of anilines is 1. The molecule has 1 saturated heterocycles. The summed E-state index contributed by atoms with van der Waals surface area (Å²) >= 11 is 0. The van der Waals surface area contributed by atoms with Crippen molar-refractivity contribution >= 4 is 11.9 Å². The molecule has 25 heavy (non-hydrogen) atoms. The van der Waals surface area contributed by atoms with Gasteiger partial charge in [0.15, 0.2) is 0 Å². The van der Waals surface area contributed by atoms with Gasteiger partial charge in [-0.05, 0) is 44.3 Å². The Morgan fingerprint density at radius 1 is 1.20 bits per heavy atom. The number of likely N-dealkylation sites (N-methyl/N-ethyl adjacent to an activating group) is 1. The minimum Gasteiger partial charge on any atom is -0.344 e. The highest BCUT2D eigenvalue weighted by Crippen LogP contribution is 2.32. The Labute approximate surface area is 150 Å². The van der Waals surface area contributed by atoms with E-state index in [-0.39, 0.29) is 11.9 Å². The first-order chi connectivity index (χ1) is 12.1. The van der Waals surface area contributed by atoms with Gasteiger partial charge >= 0.3 is 0 Å². The zero-order valence-corrected chi connectivity index (χ0v) is 15.8. The molecule has 2 heterocycles. The first-order valence-electron chi connectivity index (χ1n) is 9.64. The number of nitrogens with zero attached hydrogens (tertiary/aromatic N) is 5. The predicted octanol–water partition coefficient (Wildman–Crippen LogP) is 2.45. The molecular weight excluding hydrogens is 318 g/mol. The molecule has 0 radical (unpaired) electrons. The van der Waals surface area contributed by atoms with Crippen molar-refractivity contribution in [1.29, 1.82) is 0 Å². The molecule has 1 unspecified atom stereocenters. The fourth-order valence-electron chi connectivity index (χ4n) is 4.13. The van der Waals surface area contributed by atoms with Gasteiger partial charge in [-0.25, -0.2) is 0 Å². The van der Waals surface area contributed by atoms with Crippen molar-refractivity contribution < 1.29 is 9.32 Å². The Morgan fingerprint density at radius 2 is 1.96 bits per heavy atom. The fourth-order valence-corrected chi connectivity index (χ4v) is 4.13. The summed E-state index contributed by atoms with van der Waals surface area (Å²) in [6, 6.07) is 0.492.